The quantitative estimate of drug-likeness (QED) is 0.945. The summed E-state index contributed by atoms with van der Waals surface area (Å²) in [6.45, 7) is 3.67. The molecule has 21 heavy (non-hydrogen) atoms. The van der Waals surface area contributed by atoms with Crippen LogP contribution in [0.4, 0.5) is 0 Å². The third-order valence-corrected chi connectivity index (χ3v) is 3.86. The van der Waals surface area contributed by atoms with Gasteiger partial charge >= 0.3 is 0 Å². The van der Waals surface area contributed by atoms with Gasteiger partial charge in [-0.15, -0.1) is 0 Å². The normalized spacial score (nSPS) is 19.5. The van der Waals surface area contributed by atoms with Gasteiger partial charge in [0.15, 0.2) is 0 Å². The van der Waals surface area contributed by atoms with Crippen LogP contribution < -0.4 is 5.32 Å². The van der Waals surface area contributed by atoms with E-state index in [4.69, 9.17) is 16.0 Å². The fraction of sp³-hybridized carbons (Fsp3) is 0.333. The Morgan fingerprint density at radius 2 is 2.29 bits per heavy atom. The molecule has 0 unspecified atom stereocenters. The fourth-order valence-corrected chi connectivity index (χ4v) is 2.81. The van der Waals surface area contributed by atoms with E-state index < -0.39 is 6.04 Å². The van der Waals surface area contributed by atoms with Crippen molar-refractivity contribution in [2.75, 3.05) is 13.1 Å². The van der Waals surface area contributed by atoms with Gasteiger partial charge in [-0.3, -0.25) is 9.69 Å². The molecule has 110 valence electrons. The molecule has 3 rings (SSSR count). The number of rotatable bonds is 3. The molecule has 2 heterocycles. The lowest BCUT2D eigenvalue weighted by Crippen LogP contribution is -2.49. The number of amides is 1. The van der Waals surface area contributed by atoms with Crippen molar-refractivity contribution < 1.29 is 9.21 Å². The first-order chi connectivity index (χ1) is 10.1. The highest BCUT2D eigenvalue weighted by Crippen LogP contribution is 2.30. The first kappa shape index (κ1) is 14.1. The first-order valence-electron chi connectivity index (χ1n) is 6.82. The minimum atomic E-state index is -0.417. The van der Waals surface area contributed by atoms with Crippen molar-refractivity contribution >= 4 is 17.5 Å². The third-order valence-electron chi connectivity index (χ3n) is 3.52. The van der Waals surface area contributed by atoms with E-state index in [1.54, 1.807) is 12.3 Å². The smallest absolute Gasteiger partial charge is 0.242 e. The molecule has 1 aliphatic rings. The van der Waals surface area contributed by atoms with Crippen LogP contribution in [0.2, 0.25) is 5.02 Å². The summed E-state index contributed by atoms with van der Waals surface area (Å²) in [5.74, 6) is 1.33. The van der Waals surface area contributed by atoms with Crippen molar-refractivity contribution in [2.24, 2.45) is 0 Å². The van der Waals surface area contributed by atoms with Gasteiger partial charge in [-0.05, 0) is 18.6 Å². The minimum absolute atomic E-state index is 0.0439. The van der Waals surface area contributed by atoms with Crippen molar-refractivity contribution in [1.82, 2.24) is 15.2 Å². The largest absolute Gasteiger partial charge is 0.445 e. The second kappa shape index (κ2) is 5.87. The molecular weight excluding hydrogens is 290 g/mol. The molecule has 0 spiro atoms. The molecule has 0 saturated carbocycles. The van der Waals surface area contributed by atoms with Crippen LogP contribution in [-0.2, 0) is 11.3 Å². The number of aromatic nitrogens is 1. The fourth-order valence-electron chi connectivity index (χ4n) is 2.57. The Morgan fingerprint density at radius 3 is 3.00 bits per heavy atom. The first-order valence-corrected chi connectivity index (χ1v) is 7.20. The Balaban J connectivity index is 1.90. The van der Waals surface area contributed by atoms with Crippen molar-refractivity contribution in [3.8, 4) is 0 Å². The van der Waals surface area contributed by atoms with Gasteiger partial charge in [0.1, 0.15) is 11.8 Å². The molecule has 5 nitrogen and oxygen atoms in total. The van der Waals surface area contributed by atoms with E-state index in [9.17, 15) is 4.79 Å². The van der Waals surface area contributed by atoms with Crippen LogP contribution in [0.3, 0.4) is 0 Å². The lowest BCUT2D eigenvalue weighted by atomic mass is 10.0. The molecule has 1 atom stereocenters. The molecule has 6 heteroatoms. The second-order valence-corrected chi connectivity index (χ2v) is 5.46. The Kier molecular flexibility index (Phi) is 3.94. The van der Waals surface area contributed by atoms with Gasteiger partial charge < -0.3 is 9.73 Å². The molecule has 1 amide bonds. The molecule has 1 fully saturated rings. The Bertz CT molecular complexity index is 656. The Morgan fingerprint density at radius 1 is 1.48 bits per heavy atom. The lowest BCUT2D eigenvalue weighted by molar-refractivity contribution is -0.129. The average Bonchev–Trinajstić information content (AvgIpc) is 2.86. The van der Waals surface area contributed by atoms with Crippen molar-refractivity contribution in [1.29, 1.82) is 0 Å². The van der Waals surface area contributed by atoms with E-state index in [2.05, 4.69) is 10.3 Å². The van der Waals surface area contributed by atoms with E-state index in [0.717, 1.165) is 17.9 Å². The number of carbonyl (C=O) groups excluding carboxylic acids is 1. The van der Waals surface area contributed by atoms with Gasteiger partial charge in [0, 0.05) is 18.1 Å². The molecule has 0 aliphatic carbocycles. The molecule has 1 saturated heterocycles. The number of nitrogens with zero attached hydrogens (tertiary/aromatic N) is 2. The maximum atomic E-state index is 12.3. The molecule has 1 N–H and O–H groups in total. The van der Waals surface area contributed by atoms with Crippen molar-refractivity contribution in [2.45, 2.75) is 19.5 Å². The number of halogens is 1. The minimum Gasteiger partial charge on any atom is -0.445 e. The maximum absolute atomic E-state index is 12.3. The molecule has 1 aromatic carbocycles. The summed E-state index contributed by atoms with van der Waals surface area (Å²) in [6, 6.07) is 7.00. The number of nitrogens with one attached hydrogen (secondary N) is 1. The summed E-state index contributed by atoms with van der Waals surface area (Å²) in [5, 5.41) is 3.48. The number of benzene rings is 1. The van der Waals surface area contributed by atoms with Crippen LogP contribution in [0.25, 0.3) is 0 Å². The summed E-state index contributed by atoms with van der Waals surface area (Å²) in [5.41, 5.74) is 0.805. The van der Waals surface area contributed by atoms with Gasteiger partial charge in [0.25, 0.3) is 0 Å². The predicted octanol–water partition coefficient (Wildman–Crippen LogP) is 2.31. The molecule has 0 radical (unpaired) electrons. The predicted molar refractivity (Wildman–Crippen MR) is 78.9 cm³/mol. The topological polar surface area (TPSA) is 58.4 Å². The highest BCUT2D eigenvalue weighted by molar-refractivity contribution is 6.31. The van der Waals surface area contributed by atoms with Crippen LogP contribution >= 0.6 is 11.6 Å². The molecular formula is C15H16ClN3O2. The van der Waals surface area contributed by atoms with Crippen LogP contribution in [0.5, 0.6) is 0 Å². The Labute approximate surface area is 127 Å². The van der Waals surface area contributed by atoms with E-state index in [1.807, 2.05) is 30.0 Å². The maximum Gasteiger partial charge on any atom is 0.242 e. The van der Waals surface area contributed by atoms with E-state index >= 15 is 0 Å². The number of oxazole rings is 1. The van der Waals surface area contributed by atoms with Crippen LogP contribution in [0.15, 0.2) is 34.9 Å². The van der Waals surface area contributed by atoms with Crippen molar-refractivity contribution in [3.05, 3.63) is 52.7 Å². The molecule has 2 aromatic rings. The number of hydrogen-bond acceptors (Lipinski definition) is 4. The standard InChI is InChI=1S/C15H16ClN3O2/c1-10-8-18-13(21-10)9-19-7-6-17-15(20)14(19)11-4-2-3-5-12(11)16/h2-5,8,14H,6-7,9H2,1H3,(H,17,20)/t14-/m1/s1. The zero-order chi connectivity index (χ0) is 14.8. The summed E-state index contributed by atoms with van der Waals surface area (Å²) in [7, 11) is 0. The summed E-state index contributed by atoms with van der Waals surface area (Å²) in [4.78, 5) is 18.5. The number of hydrogen-bond donors (Lipinski definition) is 1. The number of aryl methyl sites for hydroxylation is 1. The third kappa shape index (κ3) is 2.94. The van der Waals surface area contributed by atoms with Gasteiger partial charge in [0.2, 0.25) is 11.8 Å². The highest BCUT2D eigenvalue weighted by Gasteiger charge is 2.33. The van der Waals surface area contributed by atoms with Gasteiger partial charge in [-0.1, -0.05) is 29.8 Å². The SMILES string of the molecule is Cc1cnc(CN2CCNC(=O)[C@H]2c2ccccc2Cl)o1. The van der Waals surface area contributed by atoms with E-state index in [0.29, 0.717) is 24.0 Å². The van der Waals surface area contributed by atoms with Crippen LogP contribution in [0.1, 0.15) is 23.3 Å². The lowest BCUT2D eigenvalue weighted by Gasteiger charge is -2.34. The van der Waals surface area contributed by atoms with Crippen molar-refractivity contribution in [3.63, 3.8) is 0 Å². The Hall–Kier alpha value is -1.85. The van der Waals surface area contributed by atoms with E-state index in [-0.39, 0.29) is 5.91 Å². The van der Waals surface area contributed by atoms with Crippen LogP contribution in [-0.4, -0.2) is 28.9 Å². The number of carbonyl (C=O) groups is 1. The zero-order valence-corrected chi connectivity index (χ0v) is 12.4. The zero-order valence-electron chi connectivity index (χ0n) is 11.7. The molecule has 1 aromatic heterocycles. The highest BCUT2D eigenvalue weighted by atomic mass is 35.5. The summed E-state index contributed by atoms with van der Waals surface area (Å²) in [6.07, 6.45) is 1.68. The summed E-state index contributed by atoms with van der Waals surface area (Å²) >= 11 is 6.25. The monoisotopic (exact) mass is 305 g/mol. The van der Waals surface area contributed by atoms with Gasteiger partial charge in [-0.25, -0.2) is 4.98 Å². The van der Waals surface area contributed by atoms with Crippen LogP contribution in [0, 0.1) is 6.92 Å². The van der Waals surface area contributed by atoms with E-state index in [1.165, 1.54) is 0 Å². The number of piperazine rings is 1. The second-order valence-electron chi connectivity index (χ2n) is 5.05. The molecule has 1 aliphatic heterocycles. The summed E-state index contributed by atoms with van der Waals surface area (Å²) < 4.78 is 5.52. The van der Waals surface area contributed by atoms with Gasteiger partial charge in [0.05, 0.1) is 12.7 Å². The van der Waals surface area contributed by atoms with Gasteiger partial charge in [-0.2, -0.15) is 0 Å². The molecule has 0 bridgehead atoms. The average molecular weight is 306 g/mol.